The lowest BCUT2D eigenvalue weighted by atomic mass is 9.94. The fourth-order valence-electron chi connectivity index (χ4n) is 4.17. The molecule has 1 aliphatic heterocycles. The van der Waals surface area contributed by atoms with Crippen molar-refractivity contribution < 1.29 is 33.9 Å². The van der Waals surface area contributed by atoms with Gasteiger partial charge in [-0.25, -0.2) is 9.78 Å². The number of rotatable bonds is 8. The number of esters is 1. The van der Waals surface area contributed by atoms with Crippen LogP contribution in [0.2, 0.25) is 0 Å². The standard InChI is InChI=1S/C27H23N3O8S/c1-5-12-38-26(34)24-15(3)28-27(39-24)29-21(16-6-8-17(9-7-16)30(35)36)20(23(32)25(29)33)22(31)19-11-10-18(37-4)13-14(19)2/h5-11,13,21,31H,1,12H2,2-4H3/t21-/m0/s1. The second kappa shape index (κ2) is 10.9. The highest BCUT2D eigenvalue weighted by atomic mass is 32.1. The molecular formula is C27H23N3O8S. The number of amides is 1. The topological polar surface area (TPSA) is 149 Å². The smallest absolute Gasteiger partial charge is 0.350 e. The highest BCUT2D eigenvalue weighted by molar-refractivity contribution is 7.17. The van der Waals surface area contributed by atoms with Crippen molar-refractivity contribution in [2.75, 3.05) is 18.6 Å². The average molecular weight is 550 g/mol. The molecule has 0 saturated carbocycles. The molecule has 2 heterocycles. The van der Waals surface area contributed by atoms with E-state index in [-0.39, 0.29) is 33.6 Å². The Balaban J connectivity index is 1.91. The third-order valence-corrected chi connectivity index (χ3v) is 7.20. The highest BCUT2D eigenvalue weighted by Gasteiger charge is 2.48. The molecule has 0 aliphatic carbocycles. The summed E-state index contributed by atoms with van der Waals surface area (Å²) in [5.74, 6) is -2.53. The molecule has 0 bridgehead atoms. The van der Waals surface area contributed by atoms with Crippen LogP contribution < -0.4 is 9.64 Å². The molecule has 1 aromatic heterocycles. The van der Waals surface area contributed by atoms with Crippen molar-refractivity contribution in [3.05, 3.63) is 98.1 Å². The lowest BCUT2D eigenvalue weighted by molar-refractivity contribution is -0.384. The van der Waals surface area contributed by atoms with Crippen LogP contribution in [-0.4, -0.2) is 46.4 Å². The number of ether oxygens (including phenoxy) is 2. The second-order valence-electron chi connectivity index (χ2n) is 8.50. The molecule has 39 heavy (non-hydrogen) atoms. The first kappa shape index (κ1) is 27.2. The van der Waals surface area contributed by atoms with E-state index in [2.05, 4.69) is 11.6 Å². The molecule has 11 nitrogen and oxygen atoms in total. The lowest BCUT2D eigenvalue weighted by Gasteiger charge is -2.23. The summed E-state index contributed by atoms with van der Waals surface area (Å²) in [7, 11) is 1.49. The van der Waals surface area contributed by atoms with E-state index < -0.39 is 34.4 Å². The summed E-state index contributed by atoms with van der Waals surface area (Å²) in [6, 6.07) is 8.91. The molecule has 1 amide bonds. The van der Waals surface area contributed by atoms with Gasteiger partial charge in [-0.05, 0) is 55.3 Å². The first-order chi connectivity index (χ1) is 18.6. The van der Waals surface area contributed by atoms with E-state index in [9.17, 15) is 29.6 Å². The maximum Gasteiger partial charge on any atom is 0.350 e. The van der Waals surface area contributed by atoms with Crippen LogP contribution >= 0.6 is 11.3 Å². The van der Waals surface area contributed by atoms with Gasteiger partial charge in [-0.15, -0.1) is 0 Å². The maximum absolute atomic E-state index is 13.4. The van der Waals surface area contributed by atoms with Crippen molar-refractivity contribution in [1.82, 2.24) is 4.98 Å². The van der Waals surface area contributed by atoms with Gasteiger partial charge in [0.25, 0.3) is 11.5 Å². The molecule has 3 aromatic rings. The van der Waals surface area contributed by atoms with Crippen LogP contribution in [0.25, 0.3) is 5.76 Å². The number of thiazole rings is 1. The molecule has 4 rings (SSSR count). The van der Waals surface area contributed by atoms with Crippen molar-refractivity contribution in [2.24, 2.45) is 0 Å². The average Bonchev–Trinajstić information content (AvgIpc) is 3.43. The molecule has 0 spiro atoms. The van der Waals surface area contributed by atoms with Gasteiger partial charge < -0.3 is 14.6 Å². The Hall–Kier alpha value is -4.84. The zero-order valence-electron chi connectivity index (χ0n) is 21.2. The molecule has 0 unspecified atom stereocenters. The minimum atomic E-state index is -1.19. The lowest BCUT2D eigenvalue weighted by Crippen LogP contribution is -2.29. The number of hydrogen-bond donors (Lipinski definition) is 1. The number of Topliss-reactive ketones (excluding diaryl/α,β-unsaturated/α-hetero) is 1. The van der Waals surface area contributed by atoms with Gasteiger partial charge in [0.2, 0.25) is 0 Å². The van der Waals surface area contributed by atoms with E-state index in [0.29, 0.717) is 22.4 Å². The Bertz CT molecular complexity index is 1540. The van der Waals surface area contributed by atoms with Crippen LogP contribution in [0.4, 0.5) is 10.8 Å². The van der Waals surface area contributed by atoms with E-state index in [1.54, 1.807) is 32.0 Å². The second-order valence-corrected chi connectivity index (χ2v) is 9.47. The van der Waals surface area contributed by atoms with Crippen LogP contribution in [0.5, 0.6) is 5.75 Å². The van der Waals surface area contributed by atoms with E-state index in [4.69, 9.17) is 9.47 Å². The quantitative estimate of drug-likeness (QED) is 0.0806. The van der Waals surface area contributed by atoms with Gasteiger partial charge in [-0.2, -0.15) is 0 Å². The van der Waals surface area contributed by atoms with E-state index in [1.165, 1.54) is 37.5 Å². The number of hydrogen-bond acceptors (Lipinski definition) is 10. The van der Waals surface area contributed by atoms with Gasteiger partial charge in [0.1, 0.15) is 23.0 Å². The normalized spacial score (nSPS) is 16.3. The number of aryl methyl sites for hydroxylation is 2. The maximum atomic E-state index is 13.4. The van der Waals surface area contributed by atoms with Crippen molar-refractivity contribution in [2.45, 2.75) is 19.9 Å². The van der Waals surface area contributed by atoms with Crippen molar-refractivity contribution in [3.8, 4) is 5.75 Å². The molecule has 1 aliphatic rings. The number of nitrogens with zero attached hydrogens (tertiary/aromatic N) is 3. The molecule has 200 valence electrons. The first-order valence-electron chi connectivity index (χ1n) is 11.5. The summed E-state index contributed by atoms with van der Waals surface area (Å²) in [5, 5.41) is 22.6. The predicted octanol–water partition coefficient (Wildman–Crippen LogP) is 4.65. The third kappa shape index (κ3) is 5.01. The van der Waals surface area contributed by atoms with Gasteiger partial charge in [0, 0.05) is 17.7 Å². The Morgan fingerprint density at radius 1 is 1.23 bits per heavy atom. The molecular weight excluding hydrogens is 526 g/mol. The summed E-state index contributed by atoms with van der Waals surface area (Å²) in [6.45, 7) is 6.74. The molecule has 0 radical (unpaired) electrons. The highest BCUT2D eigenvalue weighted by Crippen LogP contribution is 2.44. The Morgan fingerprint density at radius 3 is 2.51 bits per heavy atom. The van der Waals surface area contributed by atoms with Crippen LogP contribution in [0, 0.1) is 24.0 Å². The van der Waals surface area contributed by atoms with Gasteiger partial charge in [-0.1, -0.05) is 24.0 Å². The number of nitro benzene ring substituents is 1. The summed E-state index contributed by atoms with van der Waals surface area (Å²) in [4.78, 5) is 55.5. The molecule has 1 fully saturated rings. The monoisotopic (exact) mass is 549 g/mol. The summed E-state index contributed by atoms with van der Waals surface area (Å²) < 4.78 is 10.3. The summed E-state index contributed by atoms with van der Waals surface area (Å²) in [6.07, 6.45) is 1.41. The van der Waals surface area contributed by atoms with E-state index in [0.717, 1.165) is 16.2 Å². The minimum absolute atomic E-state index is 0.0222. The number of methoxy groups -OCH3 is 1. The Labute approximate surface area is 226 Å². The number of carbonyl (C=O) groups is 3. The fourth-order valence-corrected chi connectivity index (χ4v) is 5.16. The minimum Gasteiger partial charge on any atom is -0.507 e. The van der Waals surface area contributed by atoms with Crippen molar-refractivity contribution in [3.63, 3.8) is 0 Å². The van der Waals surface area contributed by atoms with Gasteiger partial charge >= 0.3 is 11.9 Å². The number of non-ortho nitro benzene ring substituents is 1. The molecule has 12 heteroatoms. The summed E-state index contributed by atoms with van der Waals surface area (Å²) in [5.41, 5.74) is 1.04. The van der Waals surface area contributed by atoms with Crippen molar-refractivity contribution in [1.29, 1.82) is 0 Å². The number of anilines is 1. The van der Waals surface area contributed by atoms with Crippen LogP contribution in [0.3, 0.4) is 0 Å². The van der Waals surface area contributed by atoms with Crippen molar-refractivity contribution >= 4 is 45.6 Å². The molecule has 1 atom stereocenters. The molecule has 2 aromatic carbocycles. The number of nitro groups is 1. The predicted molar refractivity (Wildman–Crippen MR) is 143 cm³/mol. The SMILES string of the molecule is C=CCOC(=O)c1sc(N2C(=O)C(=O)C(=C(O)c3ccc(OC)cc3C)[C@@H]2c2ccc([N+](=O)[O-])cc2)nc1C. The van der Waals surface area contributed by atoms with Crippen LogP contribution in [-0.2, 0) is 14.3 Å². The van der Waals surface area contributed by atoms with Crippen LogP contribution in [0.1, 0.15) is 38.1 Å². The molecule has 1 N–H and O–H groups in total. The van der Waals surface area contributed by atoms with Gasteiger partial charge in [0.15, 0.2) is 5.13 Å². The number of aliphatic hydroxyl groups is 1. The first-order valence-corrected chi connectivity index (χ1v) is 12.4. The van der Waals surface area contributed by atoms with E-state index in [1.807, 2.05) is 0 Å². The number of carbonyl (C=O) groups excluding carboxylic acids is 3. The summed E-state index contributed by atoms with van der Waals surface area (Å²) >= 11 is 0.849. The van der Waals surface area contributed by atoms with Gasteiger partial charge in [0.05, 0.1) is 29.3 Å². The van der Waals surface area contributed by atoms with Gasteiger partial charge in [-0.3, -0.25) is 24.6 Å². The largest absolute Gasteiger partial charge is 0.507 e. The molecule has 1 saturated heterocycles. The number of ketones is 1. The van der Waals surface area contributed by atoms with Crippen LogP contribution in [0.15, 0.2) is 60.7 Å². The zero-order chi connectivity index (χ0) is 28.4. The fraction of sp³-hybridized carbons (Fsp3) is 0.185. The zero-order valence-corrected chi connectivity index (χ0v) is 22.0. The Kier molecular flexibility index (Phi) is 7.58. The van der Waals surface area contributed by atoms with E-state index >= 15 is 0 Å². The number of benzene rings is 2. The third-order valence-electron chi connectivity index (χ3n) is 6.06. The number of aliphatic hydroxyl groups excluding tert-OH is 1. The Morgan fingerprint density at radius 2 is 1.92 bits per heavy atom. The number of aromatic nitrogens is 1.